The van der Waals surface area contributed by atoms with Crippen molar-refractivity contribution in [3.63, 3.8) is 0 Å². The van der Waals surface area contributed by atoms with Crippen molar-refractivity contribution in [3.05, 3.63) is 65.2 Å². The number of fused-ring (bicyclic) bond motifs is 1. The Morgan fingerprint density at radius 1 is 1.04 bits per heavy atom. The van der Waals surface area contributed by atoms with E-state index in [9.17, 15) is 13.6 Å². The number of carbonyl (C=O) groups excluding carboxylic acids is 1. The molecule has 0 aromatic heterocycles. The van der Waals surface area contributed by atoms with E-state index >= 15 is 0 Å². The summed E-state index contributed by atoms with van der Waals surface area (Å²) in [5.41, 5.74) is 0.721. The summed E-state index contributed by atoms with van der Waals surface area (Å²) in [4.78, 5) is 18.2. The zero-order chi connectivity index (χ0) is 17.4. The van der Waals surface area contributed by atoms with Crippen LogP contribution in [0.4, 0.5) is 14.5 Å². The molecule has 2 heterocycles. The second-order valence-electron chi connectivity index (χ2n) is 6.03. The number of para-hydroxylation sites is 1. The van der Waals surface area contributed by atoms with Gasteiger partial charge in [-0.3, -0.25) is 4.79 Å². The number of nitrogens with zero attached hydrogens (tertiary/aromatic N) is 2. The fourth-order valence-corrected chi connectivity index (χ4v) is 3.12. The number of carbonyl (C=O) groups is 1. The number of halogens is 2. The molecule has 0 saturated carbocycles. The Hall–Kier alpha value is -2.60. The van der Waals surface area contributed by atoms with Crippen LogP contribution in [0.5, 0.6) is 0 Å². The lowest BCUT2D eigenvalue weighted by atomic mass is 9.99. The summed E-state index contributed by atoms with van der Waals surface area (Å²) in [6.07, 6.45) is 0. The van der Waals surface area contributed by atoms with Gasteiger partial charge in [0.2, 0.25) is 0 Å². The number of ether oxygens (including phenoxy) is 1. The molecule has 1 amide bonds. The normalized spacial score (nSPS) is 18.6. The van der Waals surface area contributed by atoms with Gasteiger partial charge in [0.15, 0.2) is 0 Å². The van der Waals surface area contributed by atoms with E-state index < -0.39 is 5.92 Å². The summed E-state index contributed by atoms with van der Waals surface area (Å²) >= 11 is 0. The van der Waals surface area contributed by atoms with Crippen LogP contribution in [0.15, 0.2) is 53.5 Å². The van der Waals surface area contributed by atoms with Crippen LogP contribution in [-0.2, 0) is 10.7 Å². The third-order valence-electron chi connectivity index (χ3n) is 4.48. The minimum atomic E-state index is -3.13. The molecule has 4 nitrogen and oxygen atoms in total. The molecule has 0 aliphatic carbocycles. The highest BCUT2D eigenvalue weighted by Crippen LogP contribution is 2.44. The maximum atomic E-state index is 14.6. The van der Waals surface area contributed by atoms with Crippen molar-refractivity contribution in [2.24, 2.45) is 4.99 Å². The SMILES string of the molecule is O=C(c1ccc(C2=Nc3ccccc3C2(F)F)cc1)N1CCOCC1. The summed E-state index contributed by atoms with van der Waals surface area (Å²) in [6.45, 7) is 2.12. The Labute approximate surface area is 143 Å². The van der Waals surface area contributed by atoms with Gasteiger partial charge in [-0.25, -0.2) is 4.99 Å². The van der Waals surface area contributed by atoms with Crippen molar-refractivity contribution < 1.29 is 18.3 Å². The van der Waals surface area contributed by atoms with Gasteiger partial charge in [0, 0.05) is 24.2 Å². The molecule has 2 aliphatic rings. The quantitative estimate of drug-likeness (QED) is 0.840. The lowest BCUT2D eigenvalue weighted by Crippen LogP contribution is -2.40. The fraction of sp³-hybridized carbons (Fsp3) is 0.263. The lowest BCUT2D eigenvalue weighted by Gasteiger charge is -2.26. The molecule has 0 radical (unpaired) electrons. The molecule has 2 aliphatic heterocycles. The number of morpholine rings is 1. The Kier molecular flexibility index (Phi) is 3.84. The average Bonchev–Trinajstić information content (AvgIpc) is 2.93. The summed E-state index contributed by atoms with van der Waals surface area (Å²) in [6, 6.07) is 12.5. The van der Waals surface area contributed by atoms with Crippen LogP contribution in [-0.4, -0.2) is 42.8 Å². The van der Waals surface area contributed by atoms with E-state index in [0.717, 1.165) is 0 Å². The predicted octanol–water partition coefficient (Wildman–Crippen LogP) is 3.39. The van der Waals surface area contributed by atoms with E-state index in [2.05, 4.69) is 4.99 Å². The molecular weight excluding hydrogens is 326 g/mol. The fourth-order valence-electron chi connectivity index (χ4n) is 3.12. The number of hydrogen-bond donors (Lipinski definition) is 0. The molecule has 0 atom stereocenters. The molecule has 2 aromatic rings. The second kappa shape index (κ2) is 6.04. The second-order valence-corrected chi connectivity index (χ2v) is 6.03. The van der Waals surface area contributed by atoms with Gasteiger partial charge >= 0.3 is 5.92 Å². The van der Waals surface area contributed by atoms with Crippen LogP contribution >= 0.6 is 0 Å². The largest absolute Gasteiger partial charge is 0.378 e. The molecule has 6 heteroatoms. The molecule has 25 heavy (non-hydrogen) atoms. The van der Waals surface area contributed by atoms with Crippen LogP contribution in [0.2, 0.25) is 0 Å². The van der Waals surface area contributed by atoms with Gasteiger partial charge in [0.05, 0.1) is 24.5 Å². The first-order valence-corrected chi connectivity index (χ1v) is 8.11. The minimum Gasteiger partial charge on any atom is -0.378 e. The van der Waals surface area contributed by atoms with Gasteiger partial charge in [0.25, 0.3) is 5.91 Å². The number of alkyl halides is 2. The van der Waals surface area contributed by atoms with Gasteiger partial charge in [-0.1, -0.05) is 30.3 Å². The van der Waals surface area contributed by atoms with Crippen molar-refractivity contribution in [2.75, 3.05) is 26.3 Å². The van der Waals surface area contributed by atoms with Crippen molar-refractivity contribution in [1.82, 2.24) is 4.90 Å². The Bertz CT molecular complexity index is 841. The predicted molar refractivity (Wildman–Crippen MR) is 89.7 cm³/mol. The smallest absolute Gasteiger partial charge is 0.317 e. The average molecular weight is 342 g/mol. The van der Waals surface area contributed by atoms with E-state index in [1.165, 1.54) is 18.2 Å². The van der Waals surface area contributed by atoms with Gasteiger partial charge < -0.3 is 9.64 Å². The van der Waals surface area contributed by atoms with Crippen LogP contribution in [0.3, 0.4) is 0 Å². The Morgan fingerprint density at radius 3 is 2.40 bits per heavy atom. The number of aliphatic imine (C=N–C) groups is 1. The van der Waals surface area contributed by atoms with E-state index in [4.69, 9.17) is 4.74 Å². The van der Waals surface area contributed by atoms with Crippen molar-refractivity contribution >= 4 is 17.3 Å². The van der Waals surface area contributed by atoms with E-state index in [1.54, 1.807) is 35.2 Å². The zero-order valence-corrected chi connectivity index (χ0v) is 13.4. The minimum absolute atomic E-state index is 0.0848. The van der Waals surface area contributed by atoms with Crippen LogP contribution in [0, 0.1) is 0 Å². The molecule has 0 bridgehead atoms. The van der Waals surface area contributed by atoms with Gasteiger partial charge in [-0.2, -0.15) is 8.78 Å². The molecule has 1 fully saturated rings. The van der Waals surface area contributed by atoms with Gasteiger partial charge in [0.1, 0.15) is 5.71 Å². The summed E-state index contributed by atoms with van der Waals surface area (Å²) in [5, 5.41) is 0. The molecule has 1 saturated heterocycles. The van der Waals surface area contributed by atoms with E-state index in [-0.39, 0.29) is 22.9 Å². The van der Waals surface area contributed by atoms with Crippen LogP contribution in [0.25, 0.3) is 0 Å². The molecule has 0 spiro atoms. The zero-order valence-electron chi connectivity index (χ0n) is 13.4. The third kappa shape index (κ3) is 2.72. The van der Waals surface area contributed by atoms with Crippen molar-refractivity contribution in [3.8, 4) is 0 Å². The van der Waals surface area contributed by atoms with Gasteiger partial charge in [-0.05, 0) is 18.2 Å². The molecule has 2 aromatic carbocycles. The molecule has 0 N–H and O–H groups in total. The maximum Gasteiger partial charge on any atom is 0.317 e. The Morgan fingerprint density at radius 2 is 1.72 bits per heavy atom. The number of benzene rings is 2. The van der Waals surface area contributed by atoms with Crippen LogP contribution < -0.4 is 0 Å². The van der Waals surface area contributed by atoms with E-state index in [0.29, 0.717) is 37.4 Å². The first-order valence-electron chi connectivity index (χ1n) is 8.11. The highest BCUT2D eigenvalue weighted by atomic mass is 19.3. The standard InChI is InChI=1S/C19H16F2N2O2/c20-19(21)15-3-1-2-4-16(15)22-17(19)13-5-7-14(8-6-13)18(24)23-9-11-25-12-10-23/h1-8H,9-12H2. The molecule has 4 rings (SSSR count). The summed E-state index contributed by atoms with van der Waals surface area (Å²) < 4.78 is 34.5. The topological polar surface area (TPSA) is 41.9 Å². The third-order valence-corrected chi connectivity index (χ3v) is 4.48. The van der Waals surface area contributed by atoms with Gasteiger partial charge in [-0.15, -0.1) is 0 Å². The van der Waals surface area contributed by atoms with Crippen molar-refractivity contribution in [2.45, 2.75) is 5.92 Å². The maximum absolute atomic E-state index is 14.6. The first-order chi connectivity index (χ1) is 12.1. The monoisotopic (exact) mass is 342 g/mol. The summed E-state index contributed by atoms with van der Waals surface area (Å²) in [5.74, 6) is -3.25. The molecular formula is C19H16F2N2O2. The number of amides is 1. The highest BCUT2D eigenvalue weighted by Gasteiger charge is 2.45. The summed E-state index contributed by atoms with van der Waals surface area (Å²) in [7, 11) is 0. The highest BCUT2D eigenvalue weighted by molar-refractivity contribution is 6.11. The van der Waals surface area contributed by atoms with E-state index in [1.807, 2.05) is 0 Å². The van der Waals surface area contributed by atoms with Crippen LogP contribution in [0.1, 0.15) is 21.5 Å². The number of hydrogen-bond acceptors (Lipinski definition) is 3. The first kappa shape index (κ1) is 15.9. The Balaban J connectivity index is 1.60. The number of rotatable bonds is 2. The molecule has 128 valence electrons. The molecule has 0 unspecified atom stereocenters. The lowest BCUT2D eigenvalue weighted by molar-refractivity contribution is 0.0303. The van der Waals surface area contributed by atoms with Crippen molar-refractivity contribution in [1.29, 1.82) is 0 Å².